The highest BCUT2D eigenvalue weighted by molar-refractivity contribution is 6.01. The number of hydrogen-bond donors (Lipinski definition) is 2. The van der Waals surface area contributed by atoms with Gasteiger partial charge in [-0.15, -0.1) is 0 Å². The minimum atomic E-state index is -4.47. The molecule has 6 nitrogen and oxygen atoms in total. The summed E-state index contributed by atoms with van der Waals surface area (Å²) in [6.07, 6.45) is -2.76. The monoisotopic (exact) mass is 470 g/mol. The van der Waals surface area contributed by atoms with E-state index in [1.165, 1.54) is 24.3 Å². The van der Waals surface area contributed by atoms with E-state index in [4.69, 9.17) is 4.52 Å². The summed E-state index contributed by atoms with van der Waals surface area (Å²) in [7, 11) is 0. The van der Waals surface area contributed by atoms with Gasteiger partial charge >= 0.3 is 11.8 Å². The molecule has 1 fully saturated rings. The van der Waals surface area contributed by atoms with Gasteiger partial charge in [-0.2, -0.15) is 13.2 Å². The minimum Gasteiger partial charge on any atom is -0.369 e. The fraction of sp³-hybridized carbons (Fsp3) is 0.320. The Morgan fingerprint density at radius 3 is 2.47 bits per heavy atom. The molecule has 1 atom stereocenters. The largest absolute Gasteiger partial charge is 0.416 e. The van der Waals surface area contributed by atoms with Crippen molar-refractivity contribution < 1.29 is 27.6 Å². The molecule has 1 saturated carbocycles. The Hall–Kier alpha value is -3.64. The van der Waals surface area contributed by atoms with Gasteiger partial charge in [0.25, 0.3) is 5.91 Å². The van der Waals surface area contributed by atoms with Gasteiger partial charge in [-0.3, -0.25) is 4.79 Å². The standard InChI is InChI=1S/C25H21F3N2O4/c1-15-20-13-18(7-8-19(20)21(31)34-30-15)29-22(32)24(33,14-23(2)11-12-23)10-9-16-3-5-17(6-4-16)25(26,27)28/h3-8,13,33H,11-12,14H2,1-2H3,(H,29,32). The van der Waals surface area contributed by atoms with Crippen LogP contribution >= 0.6 is 0 Å². The van der Waals surface area contributed by atoms with Crippen molar-refractivity contribution in [2.75, 3.05) is 5.32 Å². The van der Waals surface area contributed by atoms with Gasteiger partial charge in [0.1, 0.15) is 0 Å². The van der Waals surface area contributed by atoms with Crippen LogP contribution in [-0.4, -0.2) is 21.8 Å². The first-order valence-corrected chi connectivity index (χ1v) is 10.5. The highest BCUT2D eigenvalue weighted by Crippen LogP contribution is 2.51. The van der Waals surface area contributed by atoms with E-state index in [-0.39, 0.29) is 17.4 Å². The lowest BCUT2D eigenvalue weighted by atomic mass is 9.88. The molecule has 34 heavy (non-hydrogen) atoms. The van der Waals surface area contributed by atoms with E-state index < -0.39 is 28.9 Å². The maximum atomic E-state index is 13.1. The van der Waals surface area contributed by atoms with E-state index in [9.17, 15) is 27.9 Å². The van der Waals surface area contributed by atoms with Crippen LogP contribution in [0.1, 0.15) is 43.0 Å². The highest BCUT2D eigenvalue weighted by Gasteiger charge is 2.48. The van der Waals surface area contributed by atoms with Gasteiger partial charge in [0, 0.05) is 23.1 Å². The number of aromatic nitrogens is 1. The molecular formula is C25H21F3N2O4. The number of amides is 1. The first-order valence-electron chi connectivity index (χ1n) is 10.5. The number of benzene rings is 2. The maximum absolute atomic E-state index is 13.1. The van der Waals surface area contributed by atoms with Crippen molar-refractivity contribution in [2.45, 2.75) is 44.9 Å². The number of nitrogens with one attached hydrogen (secondary N) is 1. The van der Waals surface area contributed by atoms with Crippen molar-refractivity contribution in [1.82, 2.24) is 5.16 Å². The molecule has 1 heterocycles. The van der Waals surface area contributed by atoms with Crippen molar-refractivity contribution in [3.63, 3.8) is 0 Å². The van der Waals surface area contributed by atoms with Crippen molar-refractivity contribution >= 4 is 22.4 Å². The number of fused-ring (bicyclic) bond motifs is 1. The number of carbonyl (C=O) groups excluding carboxylic acids is 1. The Labute approximate surface area is 192 Å². The zero-order valence-electron chi connectivity index (χ0n) is 18.4. The molecule has 0 aliphatic heterocycles. The molecule has 1 aromatic heterocycles. The molecule has 1 aliphatic rings. The predicted molar refractivity (Wildman–Crippen MR) is 119 cm³/mol. The summed E-state index contributed by atoms with van der Waals surface area (Å²) in [6, 6.07) is 8.71. The van der Waals surface area contributed by atoms with Crippen LogP contribution in [0.4, 0.5) is 18.9 Å². The number of aliphatic hydroxyl groups is 1. The normalized spacial score (nSPS) is 16.3. The van der Waals surface area contributed by atoms with Crippen molar-refractivity contribution in [2.24, 2.45) is 5.41 Å². The number of hydrogen-bond acceptors (Lipinski definition) is 5. The van der Waals surface area contributed by atoms with Crippen molar-refractivity contribution in [3.05, 3.63) is 69.7 Å². The topological polar surface area (TPSA) is 92.4 Å². The molecule has 0 radical (unpaired) electrons. The van der Waals surface area contributed by atoms with E-state index in [1.54, 1.807) is 13.0 Å². The average Bonchev–Trinajstić information content (AvgIpc) is 3.51. The smallest absolute Gasteiger partial charge is 0.369 e. The SMILES string of the molecule is Cc1noc(=O)c2ccc(NC(=O)C(O)(C#Cc3ccc(C(F)(F)F)cc3)CC3(C)CC3)cc12. The Kier molecular flexibility index (Phi) is 5.74. The van der Waals surface area contributed by atoms with Gasteiger partial charge in [0.2, 0.25) is 5.60 Å². The van der Waals surface area contributed by atoms with Crippen LogP contribution in [0.5, 0.6) is 0 Å². The second-order valence-corrected chi connectivity index (χ2v) is 8.94. The summed E-state index contributed by atoms with van der Waals surface area (Å²) in [5.41, 5.74) is -2.75. The summed E-state index contributed by atoms with van der Waals surface area (Å²) < 4.78 is 43.1. The van der Waals surface area contributed by atoms with Crippen molar-refractivity contribution in [3.8, 4) is 11.8 Å². The second kappa shape index (κ2) is 8.29. The molecule has 0 saturated heterocycles. The molecule has 0 spiro atoms. The number of carbonyl (C=O) groups is 1. The van der Waals surface area contributed by atoms with E-state index in [2.05, 4.69) is 22.3 Å². The summed E-state index contributed by atoms with van der Waals surface area (Å²) in [5, 5.41) is 18.3. The quantitative estimate of drug-likeness (QED) is 0.551. The van der Waals surface area contributed by atoms with E-state index >= 15 is 0 Å². The van der Waals surface area contributed by atoms with Gasteiger partial charge in [-0.25, -0.2) is 4.79 Å². The molecule has 3 aromatic rings. The lowest BCUT2D eigenvalue weighted by Gasteiger charge is -2.25. The molecule has 1 unspecified atom stereocenters. The van der Waals surface area contributed by atoms with Crippen LogP contribution in [0.15, 0.2) is 51.8 Å². The molecule has 1 amide bonds. The van der Waals surface area contributed by atoms with Gasteiger partial charge in [-0.1, -0.05) is 23.9 Å². The summed E-state index contributed by atoms with van der Waals surface area (Å²) in [4.78, 5) is 25.0. The lowest BCUT2D eigenvalue weighted by molar-refractivity contribution is -0.137. The summed E-state index contributed by atoms with van der Waals surface area (Å²) >= 11 is 0. The fourth-order valence-electron chi connectivity index (χ4n) is 3.65. The van der Waals surface area contributed by atoms with Gasteiger partial charge in [-0.05, 0) is 67.6 Å². The lowest BCUT2D eigenvalue weighted by Crippen LogP contribution is -2.43. The third kappa shape index (κ3) is 4.97. The number of halogens is 3. The van der Waals surface area contributed by atoms with E-state index in [0.29, 0.717) is 22.2 Å². The van der Waals surface area contributed by atoms with Crippen LogP contribution < -0.4 is 10.9 Å². The number of alkyl halides is 3. The molecule has 4 rings (SSSR count). The number of rotatable bonds is 4. The average molecular weight is 470 g/mol. The fourth-order valence-corrected chi connectivity index (χ4v) is 3.65. The zero-order valence-corrected chi connectivity index (χ0v) is 18.4. The highest BCUT2D eigenvalue weighted by atomic mass is 19.4. The maximum Gasteiger partial charge on any atom is 0.416 e. The molecule has 2 N–H and O–H groups in total. The van der Waals surface area contributed by atoms with E-state index in [0.717, 1.165) is 25.0 Å². The van der Waals surface area contributed by atoms with Crippen LogP contribution in [0.3, 0.4) is 0 Å². The molecular weight excluding hydrogens is 449 g/mol. The van der Waals surface area contributed by atoms with Crippen LogP contribution in [0, 0.1) is 24.2 Å². The number of aryl methyl sites for hydroxylation is 1. The predicted octanol–water partition coefficient (Wildman–Crippen LogP) is 4.43. The zero-order chi connectivity index (χ0) is 24.7. The second-order valence-electron chi connectivity index (χ2n) is 8.94. The first kappa shape index (κ1) is 23.5. The first-order chi connectivity index (χ1) is 15.9. The minimum absolute atomic E-state index is 0.0667. The molecule has 0 bridgehead atoms. The van der Waals surface area contributed by atoms with Crippen molar-refractivity contribution in [1.29, 1.82) is 0 Å². The third-order valence-electron chi connectivity index (χ3n) is 5.94. The molecule has 176 valence electrons. The molecule has 9 heteroatoms. The Morgan fingerprint density at radius 2 is 1.85 bits per heavy atom. The Bertz CT molecular complexity index is 1380. The third-order valence-corrected chi connectivity index (χ3v) is 5.94. The Morgan fingerprint density at radius 1 is 1.18 bits per heavy atom. The van der Waals surface area contributed by atoms with Gasteiger partial charge < -0.3 is 14.9 Å². The Balaban J connectivity index is 1.63. The number of anilines is 1. The van der Waals surface area contributed by atoms with Crippen LogP contribution in [0.25, 0.3) is 10.8 Å². The number of nitrogens with zero attached hydrogens (tertiary/aromatic N) is 1. The molecule has 2 aromatic carbocycles. The van der Waals surface area contributed by atoms with Crippen LogP contribution in [0.2, 0.25) is 0 Å². The van der Waals surface area contributed by atoms with Gasteiger partial charge in [0.05, 0.1) is 16.6 Å². The van der Waals surface area contributed by atoms with Gasteiger partial charge in [0.15, 0.2) is 0 Å². The van der Waals surface area contributed by atoms with E-state index in [1.807, 2.05) is 6.92 Å². The van der Waals surface area contributed by atoms with Crippen LogP contribution in [-0.2, 0) is 11.0 Å². The molecule has 1 aliphatic carbocycles. The summed E-state index contributed by atoms with van der Waals surface area (Å²) in [5.74, 6) is 4.44. The summed E-state index contributed by atoms with van der Waals surface area (Å²) in [6.45, 7) is 3.58.